The number of nitrogens with zero attached hydrogens (tertiary/aromatic N) is 4. The molecule has 64 heavy (non-hydrogen) atoms. The first-order chi connectivity index (χ1) is 30.8. The molecule has 2 aromatic heterocycles. The molecular weight excluding hydrogens is 862 g/mol. The Kier molecular flexibility index (Phi) is 14.8. The number of imidazole rings is 1. The number of aromatic nitrogens is 4. The summed E-state index contributed by atoms with van der Waals surface area (Å²) in [4.78, 5) is 49.8. The van der Waals surface area contributed by atoms with Crippen molar-refractivity contribution in [2.75, 3.05) is 45.1 Å². The van der Waals surface area contributed by atoms with Gasteiger partial charge in [0.05, 0.1) is 33.8 Å². The normalized spacial score (nSPS) is 17.4. The lowest BCUT2D eigenvalue weighted by Crippen LogP contribution is -2.38. The molecule has 0 aliphatic carbocycles. The third-order valence-corrected chi connectivity index (χ3v) is 12.6. The SMILES string of the molecule is COc1ccc(C(OC[C@H]2O[C@@H](n3cnc4c(NC(=O)COc5ccccc5)ncnc43)C[C@H]2OP(=O)(O)OCCSC(=O)C(C)(C)C)(c2ccccc2)c2ccc(OC)cc2)cc1. The number of rotatable bonds is 19. The number of carbonyl (C=O) groups excluding carboxylic acids is 2. The van der Waals surface area contributed by atoms with Crippen molar-refractivity contribution in [2.24, 2.45) is 5.41 Å². The zero-order chi connectivity index (χ0) is 45.3. The van der Waals surface area contributed by atoms with Gasteiger partial charge in [-0.3, -0.25) is 23.2 Å². The lowest BCUT2D eigenvalue weighted by molar-refractivity contribution is -0.118. The monoisotopic (exact) mass is 911 g/mol. The Hall–Kier alpha value is -5.65. The Morgan fingerprint density at radius 1 is 0.844 bits per heavy atom. The number of fused-ring (bicyclic) bond motifs is 1. The molecule has 18 heteroatoms. The molecule has 3 heterocycles. The van der Waals surface area contributed by atoms with Crippen molar-refractivity contribution in [3.63, 3.8) is 0 Å². The second-order valence-corrected chi connectivity index (χ2v) is 18.2. The van der Waals surface area contributed by atoms with Crippen LogP contribution < -0.4 is 19.5 Å². The van der Waals surface area contributed by atoms with Gasteiger partial charge in [0.2, 0.25) is 0 Å². The molecule has 1 aliphatic rings. The number of thioether (sulfide) groups is 1. The molecule has 6 aromatic rings. The highest BCUT2D eigenvalue weighted by Gasteiger charge is 2.45. The minimum Gasteiger partial charge on any atom is -0.497 e. The Balaban J connectivity index is 1.19. The predicted molar refractivity (Wildman–Crippen MR) is 240 cm³/mol. The van der Waals surface area contributed by atoms with Crippen molar-refractivity contribution in [3.8, 4) is 17.2 Å². The molecule has 1 amide bonds. The Bertz CT molecular complexity index is 2490. The van der Waals surface area contributed by atoms with Gasteiger partial charge in [-0.15, -0.1) is 0 Å². The molecule has 0 radical (unpaired) electrons. The second kappa shape index (κ2) is 20.5. The van der Waals surface area contributed by atoms with E-state index in [0.717, 1.165) is 28.5 Å². The first-order valence-corrected chi connectivity index (χ1v) is 22.9. The number of anilines is 1. The Morgan fingerprint density at radius 2 is 1.45 bits per heavy atom. The van der Waals surface area contributed by atoms with E-state index in [1.807, 2.05) is 84.9 Å². The zero-order valence-electron chi connectivity index (χ0n) is 36.0. The third-order valence-electron chi connectivity index (χ3n) is 10.3. The van der Waals surface area contributed by atoms with Gasteiger partial charge in [0.15, 0.2) is 28.7 Å². The maximum Gasteiger partial charge on any atom is 0.472 e. The standard InChI is InChI=1S/C46H50N5O11PS/c1-45(2,3)44(53)64-25-24-60-63(54,55)62-37-26-40(51-30-49-41-42(47-29-48-43(41)51)50-39(52)28-58-36-14-10-7-11-15-36)61-38(37)27-59-46(31-12-8-6-9-13-31,32-16-20-34(56-4)21-17-32)33-18-22-35(57-5)23-19-33/h6-23,29-30,37-38,40H,24-28H2,1-5H3,(H,54,55)(H,47,48,50,52)/t37-,38-,40-/m1/s1. The summed E-state index contributed by atoms with van der Waals surface area (Å²) >= 11 is 1.01. The van der Waals surface area contributed by atoms with Crippen molar-refractivity contribution >= 4 is 47.6 Å². The molecular formula is C46H50N5O11PS. The Morgan fingerprint density at radius 3 is 2.06 bits per heavy atom. The van der Waals surface area contributed by atoms with Gasteiger partial charge in [0.25, 0.3) is 5.91 Å². The fraction of sp³-hybridized carbons (Fsp3) is 0.326. The van der Waals surface area contributed by atoms with Crippen LogP contribution in [-0.2, 0) is 38.3 Å². The van der Waals surface area contributed by atoms with E-state index in [9.17, 15) is 19.0 Å². The van der Waals surface area contributed by atoms with Gasteiger partial charge in [-0.1, -0.05) is 105 Å². The summed E-state index contributed by atoms with van der Waals surface area (Å²) in [5.74, 6) is 1.66. The molecule has 4 atom stereocenters. The van der Waals surface area contributed by atoms with E-state index in [-0.39, 0.29) is 48.4 Å². The Labute approximate surface area is 375 Å². The molecule has 2 N–H and O–H groups in total. The van der Waals surface area contributed by atoms with Gasteiger partial charge in [-0.05, 0) is 53.1 Å². The van der Waals surface area contributed by atoms with Crippen LogP contribution in [0.15, 0.2) is 122 Å². The molecule has 0 spiro atoms. The van der Waals surface area contributed by atoms with Crippen LogP contribution in [0.25, 0.3) is 11.2 Å². The van der Waals surface area contributed by atoms with Crippen LogP contribution in [0, 0.1) is 5.41 Å². The number of phosphoric acid groups is 1. The van der Waals surface area contributed by atoms with Crippen molar-refractivity contribution in [3.05, 3.63) is 139 Å². The summed E-state index contributed by atoms with van der Waals surface area (Å²) in [6, 6.07) is 33.7. The summed E-state index contributed by atoms with van der Waals surface area (Å²) in [6.45, 7) is 4.74. The van der Waals surface area contributed by atoms with Crippen LogP contribution in [0.2, 0.25) is 0 Å². The second-order valence-electron chi connectivity index (χ2n) is 15.7. The van der Waals surface area contributed by atoms with Crippen molar-refractivity contribution in [1.82, 2.24) is 19.5 Å². The van der Waals surface area contributed by atoms with Crippen molar-refractivity contribution in [1.29, 1.82) is 0 Å². The molecule has 7 rings (SSSR count). The number of hydrogen-bond acceptors (Lipinski definition) is 14. The molecule has 4 aromatic carbocycles. The first kappa shape index (κ1) is 46.3. The van der Waals surface area contributed by atoms with Crippen LogP contribution in [-0.4, -0.2) is 87.4 Å². The van der Waals surface area contributed by atoms with Gasteiger partial charge < -0.3 is 33.9 Å². The fourth-order valence-corrected chi connectivity index (χ4v) is 8.96. The molecule has 1 fully saturated rings. The maximum absolute atomic E-state index is 13.6. The molecule has 0 bridgehead atoms. The number of para-hydroxylation sites is 1. The van der Waals surface area contributed by atoms with Crippen LogP contribution in [0.1, 0.15) is 50.1 Å². The van der Waals surface area contributed by atoms with Gasteiger partial charge >= 0.3 is 7.82 Å². The third kappa shape index (κ3) is 11.0. The number of nitrogens with one attached hydrogen (secondary N) is 1. The van der Waals surface area contributed by atoms with Crippen LogP contribution >= 0.6 is 19.6 Å². The van der Waals surface area contributed by atoms with E-state index in [2.05, 4.69) is 20.3 Å². The van der Waals surface area contributed by atoms with Crippen molar-refractivity contribution in [2.45, 2.75) is 51.2 Å². The first-order valence-electron chi connectivity index (χ1n) is 20.4. The van der Waals surface area contributed by atoms with Gasteiger partial charge in [-0.25, -0.2) is 19.5 Å². The summed E-state index contributed by atoms with van der Waals surface area (Å²) in [7, 11) is -1.55. The highest BCUT2D eigenvalue weighted by molar-refractivity contribution is 8.13. The average Bonchev–Trinajstić information content (AvgIpc) is 3.92. The van der Waals surface area contributed by atoms with Gasteiger partial charge in [-0.2, -0.15) is 0 Å². The summed E-state index contributed by atoms with van der Waals surface area (Å²) in [6.07, 6.45) is -0.0884. The van der Waals surface area contributed by atoms with E-state index in [4.69, 9.17) is 32.7 Å². The summed E-state index contributed by atoms with van der Waals surface area (Å²) < 4.78 is 57.0. The number of amides is 1. The highest BCUT2D eigenvalue weighted by Crippen LogP contribution is 2.50. The molecule has 1 unspecified atom stereocenters. The van der Waals surface area contributed by atoms with E-state index in [0.29, 0.717) is 22.9 Å². The van der Waals surface area contributed by atoms with Crippen LogP contribution in [0.3, 0.4) is 0 Å². The van der Waals surface area contributed by atoms with Gasteiger partial charge in [0, 0.05) is 17.6 Å². The topological polar surface area (TPSA) is 192 Å². The number of methoxy groups -OCH3 is 2. The molecule has 1 saturated heterocycles. The zero-order valence-corrected chi connectivity index (χ0v) is 37.7. The number of benzene rings is 4. The smallest absolute Gasteiger partial charge is 0.472 e. The lowest BCUT2D eigenvalue weighted by Gasteiger charge is -2.37. The molecule has 16 nitrogen and oxygen atoms in total. The van der Waals surface area contributed by atoms with Crippen molar-refractivity contribution < 1.29 is 51.8 Å². The lowest BCUT2D eigenvalue weighted by atomic mass is 9.80. The largest absolute Gasteiger partial charge is 0.497 e. The predicted octanol–water partition coefficient (Wildman–Crippen LogP) is 7.97. The van der Waals surface area contributed by atoms with E-state index in [1.165, 1.54) is 12.7 Å². The molecule has 1 aliphatic heterocycles. The fourth-order valence-electron chi connectivity index (χ4n) is 7.11. The molecule has 336 valence electrons. The van der Waals surface area contributed by atoms with Crippen LogP contribution in [0.5, 0.6) is 17.2 Å². The quantitative estimate of drug-likeness (QED) is 0.0452. The number of carbonyl (C=O) groups is 2. The summed E-state index contributed by atoms with van der Waals surface area (Å²) in [5.41, 5.74) is 1.06. The minimum atomic E-state index is -4.74. The maximum atomic E-state index is 13.6. The highest BCUT2D eigenvalue weighted by atomic mass is 32.2. The minimum absolute atomic E-state index is 0.0324. The van der Waals surface area contributed by atoms with E-state index < -0.39 is 43.2 Å². The van der Waals surface area contributed by atoms with E-state index in [1.54, 1.807) is 63.8 Å². The van der Waals surface area contributed by atoms with E-state index >= 15 is 0 Å². The number of hydrogen-bond donors (Lipinski definition) is 2. The molecule has 0 saturated carbocycles. The average molecular weight is 912 g/mol. The number of ether oxygens (including phenoxy) is 5. The number of phosphoric ester groups is 1. The van der Waals surface area contributed by atoms with Crippen LogP contribution in [0.4, 0.5) is 5.82 Å². The summed E-state index contributed by atoms with van der Waals surface area (Å²) in [5, 5.41) is 2.66. The van der Waals surface area contributed by atoms with Gasteiger partial charge in [0.1, 0.15) is 47.6 Å².